The van der Waals surface area contributed by atoms with Crippen LogP contribution in [-0.4, -0.2) is 49.3 Å². The first kappa shape index (κ1) is 22.4. The highest BCUT2D eigenvalue weighted by Crippen LogP contribution is 2.18. The molecule has 0 radical (unpaired) electrons. The highest BCUT2D eigenvalue weighted by molar-refractivity contribution is 5.79. The Balaban J connectivity index is 1.39. The normalized spacial score (nSPS) is 16.0. The van der Waals surface area contributed by atoms with Crippen molar-refractivity contribution in [3.05, 3.63) is 87.2 Å². The summed E-state index contributed by atoms with van der Waals surface area (Å²) in [6, 6.07) is 14.3. The summed E-state index contributed by atoms with van der Waals surface area (Å²) in [5.74, 6) is 0.398. The molecule has 0 unspecified atom stereocenters. The number of hydrogen-bond donors (Lipinski definition) is 1. The molecule has 4 aromatic rings. The zero-order valence-corrected chi connectivity index (χ0v) is 19.1. The Morgan fingerprint density at radius 3 is 2.82 bits per heavy atom. The summed E-state index contributed by atoms with van der Waals surface area (Å²) in [5, 5.41) is 13.2. The number of aromatic amines is 1. The lowest BCUT2D eigenvalue weighted by Gasteiger charge is -2.24. The van der Waals surface area contributed by atoms with E-state index in [4.69, 9.17) is 4.74 Å². The smallest absolute Gasteiger partial charge is 0.252 e. The molecular formula is C25H27FN6O2. The summed E-state index contributed by atoms with van der Waals surface area (Å²) in [6.07, 6.45) is 2.14. The largest absolute Gasteiger partial charge is 0.377 e. The first-order chi connectivity index (χ1) is 16.5. The summed E-state index contributed by atoms with van der Waals surface area (Å²) >= 11 is 0. The molecule has 34 heavy (non-hydrogen) atoms. The highest BCUT2D eigenvalue weighted by Gasteiger charge is 2.22. The van der Waals surface area contributed by atoms with Crippen LogP contribution in [0.2, 0.25) is 0 Å². The number of H-pyrrole nitrogens is 1. The van der Waals surface area contributed by atoms with E-state index in [9.17, 15) is 9.18 Å². The fraction of sp³-hybridized carbons (Fsp3) is 0.360. The molecule has 1 atom stereocenters. The second kappa shape index (κ2) is 9.82. The fourth-order valence-corrected chi connectivity index (χ4v) is 4.40. The average molecular weight is 463 g/mol. The third-order valence-corrected chi connectivity index (χ3v) is 6.17. The number of nitrogens with zero attached hydrogens (tertiary/aromatic N) is 5. The third kappa shape index (κ3) is 5.21. The van der Waals surface area contributed by atoms with Crippen molar-refractivity contribution in [2.45, 2.75) is 45.5 Å². The quantitative estimate of drug-likeness (QED) is 0.433. The zero-order valence-electron chi connectivity index (χ0n) is 19.1. The van der Waals surface area contributed by atoms with Crippen molar-refractivity contribution in [3.63, 3.8) is 0 Å². The third-order valence-electron chi connectivity index (χ3n) is 6.17. The number of fused-ring (bicyclic) bond motifs is 1. The van der Waals surface area contributed by atoms with E-state index in [1.165, 1.54) is 12.1 Å². The highest BCUT2D eigenvalue weighted by atomic mass is 19.1. The molecule has 0 aliphatic carbocycles. The minimum Gasteiger partial charge on any atom is -0.377 e. The summed E-state index contributed by atoms with van der Waals surface area (Å²) in [5.41, 5.74) is 3.43. The molecule has 1 aliphatic rings. The average Bonchev–Trinajstić information content (AvgIpc) is 3.48. The van der Waals surface area contributed by atoms with Crippen molar-refractivity contribution in [1.29, 1.82) is 0 Å². The molecule has 2 aromatic carbocycles. The minimum atomic E-state index is -0.279. The molecule has 3 heterocycles. The van der Waals surface area contributed by atoms with Gasteiger partial charge in [0.25, 0.3) is 5.56 Å². The van der Waals surface area contributed by atoms with Gasteiger partial charge in [0.1, 0.15) is 5.82 Å². The Kier molecular flexibility index (Phi) is 6.46. The standard InChI is InChI=1S/C25H27FN6O2/c1-17-4-7-19-12-20(25(33)27-23(19)11-17)14-31(15-22-3-2-10-34-22)16-24-28-29-30-32(24)13-18-5-8-21(26)9-6-18/h4-9,11-12,22H,2-3,10,13-16H2,1H3,(H,27,33)/t22-/m1/s1. The van der Waals surface area contributed by atoms with Gasteiger partial charge in [0, 0.05) is 30.8 Å². The second-order valence-electron chi connectivity index (χ2n) is 8.90. The van der Waals surface area contributed by atoms with Crippen LogP contribution in [-0.2, 0) is 24.4 Å². The topological polar surface area (TPSA) is 88.9 Å². The minimum absolute atomic E-state index is 0.0960. The Morgan fingerprint density at radius 2 is 2.03 bits per heavy atom. The van der Waals surface area contributed by atoms with Gasteiger partial charge < -0.3 is 9.72 Å². The number of ether oxygens (including phenoxy) is 1. The molecule has 1 saturated heterocycles. The number of aryl methyl sites for hydroxylation is 1. The Labute approximate surface area is 196 Å². The molecular weight excluding hydrogens is 435 g/mol. The van der Waals surface area contributed by atoms with Crippen LogP contribution in [0.1, 0.15) is 35.4 Å². The van der Waals surface area contributed by atoms with E-state index in [2.05, 4.69) is 25.4 Å². The van der Waals surface area contributed by atoms with Gasteiger partial charge in [-0.2, -0.15) is 0 Å². The summed E-state index contributed by atoms with van der Waals surface area (Å²) in [7, 11) is 0. The number of nitrogens with one attached hydrogen (secondary N) is 1. The van der Waals surface area contributed by atoms with Crippen molar-refractivity contribution >= 4 is 10.9 Å². The zero-order chi connectivity index (χ0) is 23.5. The molecule has 8 nitrogen and oxygen atoms in total. The van der Waals surface area contributed by atoms with E-state index in [0.29, 0.717) is 37.6 Å². The molecule has 1 fully saturated rings. The van der Waals surface area contributed by atoms with Gasteiger partial charge in [0.15, 0.2) is 5.82 Å². The Bertz CT molecular complexity index is 1330. The molecule has 0 spiro atoms. The first-order valence-electron chi connectivity index (χ1n) is 11.5. The van der Waals surface area contributed by atoms with Crippen LogP contribution < -0.4 is 5.56 Å². The van der Waals surface area contributed by atoms with Crippen molar-refractivity contribution in [2.75, 3.05) is 13.2 Å². The van der Waals surface area contributed by atoms with E-state index in [1.54, 1.807) is 16.8 Å². The van der Waals surface area contributed by atoms with Gasteiger partial charge in [-0.1, -0.05) is 24.3 Å². The SMILES string of the molecule is Cc1ccc2cc(CN(Cc3nnnn3Cc3ccc(F)cc3)C[C@H]3CCCO3)c(=O)[nH]c2c1. The molecule has 2 aromatic heterocycles. The van der Waals surface area contributed by atoms with Crippen molar-refractivity contribution in [2.24, 2.45) is 0 Å². The second-order valence-corrected chi connectivity index (χ2v) is 8.90. The predicted molar refractivity (Wildman–Crippen MR) is 126 cm³/mol. The van der Waals surface area contributed by atoms with Gasteiger partial charge in [-0.05, 0) is 71.0 Å². The number of tetrazole rings is 1. The van der Waals surface area contributed by atoms with Gasteiger partial charge >= 0.3 is 0 Å². The molecule has 9 heteroatoms. The van der Waals surface area contributed by atoms with Crippen LogP contribution in [0, 0.1) is 12.7 Å². The van der Waals surface area contributed by atoms with Crippen molar-refractivity contribution < 1.29 is 9.13 Å². The molecule has 0 bridgehead atoms. The monoisotopic (exact) mass is 462 g/mol. The number of pyridine rings is 1. The predicted octanol–water partition coefficient (Wildman–Crippen LogP) is 3.19. The number of aromatic nitrogens is 5. The maximum absolute atomic E-state index is 13.3. The number of benzene rings is 2. The van der Waals surface area contributed by atoms with Crippen molar-refractivity contribution in [3.8, 4) is 0 Å². The van der Waals surface area contributed by atoms with Crippen LogP contribution in [0.25, 0.3) is 10.9 Å². The van der Waals surface area contributed by atoms with Crippen LogP contribution in [0.5, 0.6) is 0 Å². The van der Waals surface area contributed by atoms with Crippen LogP contribution in [0.15, 0.2) is 53.3 Å². The molecule has 0 saturated carbocycles. The van der Waals surface area contributed by atoms with E-state index in [1.807, 2.05) is 31.2 Å². The molecule has 1 aliphatic heterocycles. The summed E-state index contributed by atoms with van der Waals surface area (Å²) in [4.78, 5) is 18.0. The lowest BCUT2D eigenvalue weighted by atomic mass is 10.1. The lowest BCUT2D eigenvalue weighted by molar-refractivity contribution is 0.0663. The van der Waals surface area contributed by atoms with Gasteiger partial charge in [-0.15, -0.1) is 5.10 Å². The number of hydrogen-bond acceptors (Lipinski definition) is 6. The Hall–Kier alpha value is -3.43. The van der Waals surface area contributed by atoms with Gasteiger partial charge in [0.2, 0.25) is 0 Å². The lowest BCUT2D eigenvalue weighted by Crippen LogP contribution is -2.34. The maximum atomic E-state index is 13.3. The molecule has 0 amide bonds. The van der Waals surface area contributed by atoms with Crippen LogP contribution >= 0.6 is 0 Å². The van der Waals surface area contributed by atoms with Crippen LogP contribution in [0.4, 0.5) is 4.39 Å². The van der Waals surface area contributed by atoms with Crippen LogP contribution in [0.3, 0.4) is 0 Å². The van der Waals surface area contributed by atoms with Gasteiger partial charge in [0.05, 0.1) is 19.2 Å². The number of halogens is 1. The summed E-state index contributed by atoms with van der Waals surface area (Å²) in [6.45, 7) is 4.78. The first-order valence-corrected chi connectivity index (χ1v) is 11.5. The molecule has 176 valence electrons. The fourth-order valence-electron chi connectivity index (χ4n) is 4.40. The van der Waals surface area contributed by atoms with E-state index >= 15 is 0 Å². The van der Waals surface area contributed by atoms with E-state index < -0.39 is 0 Å². The summed E-state index contributed by atoms with van der Waals surface area (Å²) < 4.78 is 20.9. The molecule has 5 rings (SSSR count). The molecule has 1 N–H and O–H groups in total. The van der Waals surface area contributed by atoms with Crippen molar-refractivity contribution in [1.82, 2.24) is 30.1 Å². The van der Waals surface area contributed by atoms with Gasteiger partial charge in [-0.3, -0.25) is 9.69 Å². The van der Waals surface area contributed by atoms with Gasteiger partial charge in [-0.25, -0.2) is 9.07 Å². The maximum Gasteiger partial charge on any atom is 0.252 e. The van der Waals surface area contributed by atoms with E-state index in [0.717, 1.165) is 41.5 Å². The Morgan fingerprint density at radius 1 is 1.18 bits per heavy atom. The number of rotatable bonds is 8. The van der Waals surface area contributed by atoms with E-state index in [-0.39, 0.29) is 17.5 Å².